The SMILES string of the molecule is COc1ccc(-c2csc(NC(=O)C(C)NC(=O)c3ccco3)n2)cc1. The molecule has 2 heterocycles. The molecule has 0 bridgehead atoms. The van der Waals surface area contributed by atoms with Gasteiger partial charge in [0, 0.05) is 10.9 Å². The van der Waals surface area contributed by atoms with Crippen LogP contribution in [0.3, 0.4) is 0 Å². The van der Waals surface area contributed by atoms with Gasteiger partial charge >= 0.3 is 0 Å². The number of nitrogens with one attached hydrogen (secondary N) is 2. The fourth-order valence-electron chi connectivity index (χ4n) is 2.18. The number of rotatable bonds is 6. The Morgan fingerprint density at radius 1 is 1.23 bits per heavy atom. The highest BCUT2D eigenvalue weighted by Gasteiger charge is 2.19. The minimum atomic E-state index is -0.735. The van der Waals surface area contributed by atoms with E-state index in [9.17, 15) is 9.59 Å². The van der Waals surface area contributed by atoms with E-state index < -0.39 is 11.9 Å². The molecule has 0 radical (unpaired) electrons. The van der Waals surface area contributed by atoms with Crippen LogP contribution in [0.15, 0.2) is 52.5 Å². The number of thiazole rings is 1. The van der Waals surface area contributed by atoms with Crippen LogP contribution in [0.5, 0.6) is 5.75 Å². The number of amides is 2. The van der Waals surface area contributed by atoms with Gasteiger partial charge in [-0.25, -0.2) is 4.98 Å². The van der Waals surface area contributed by atoms with Crippen LogP contribution in [0.25, 0.3) is 11.3 Å². The number of ether oxygens (including phenoxy) is 1. The standard InChI is InChI=1S/C18H17N3O4S/c1-11(19-17(23)15-4-3-9-25-15)16(22)21-18-20-14(10-26-18)12-5-7-13(24-2)8-6-12/h3-11H,1-2H3,(H,19,23)(H,20,21,22). The molecule has 1 atom stereocenters. The van der Waals surface area contributed by atoms with Crippen LogP contribution >= 0.6 is 11.3 Å². The predicted molar refractivity (Wildman–Crippen MR) is 98.4 cm³/mol. The number of carbonyl (C=O) groups is 2. The minimum Gasteiger partial charge on any atom is -0.497 e. The van der Waals surface area contributed by atoms with E-state index in [1.807, 2.05) is 29.6 Å². The second-order valence-electron chi connectivity index (χ2n) is 5.43. The summed E-state index contributed by atoms with van der Waals surface area (Å²) in [6, 6.07) is 9.88. The number of methoxy groups -OCH3 is 1. The van der Waals surface area contributed by atoms with Crippen molar-refractivity contribution in [3.05, 3.63) is 53.8 Å². The van der Waals surface area contributed by atoms with E-state index in [1.165, 1.54) is 23.7 Å². The second-order valence-corrected chi connectivity index (χ2v) is 6.29. The summed E-state index contributed by atoms with van der Waals surface area (Å²) in [5.74, 6) is 0.107. The summed E-state index contributed by atoms with van der Waals surface area (Å²) < 4.78 is 10.1. The van der Waals surface area contributed by atoms with Gasteiger partial charge in [0.05, 0.1) is 19.1 Å². The molecule has 3 aromatic rings. The van der Waals surface area contributed by atoms with Gasteiger partial charge in [-0.05, 0) is 43.3 Å². The second kappa shape index (κ2) is 7.83. The molecule has 0 fully saturated rings. The van der Waals surface area contributed by atoms with Crippen LogP contribution in [0, 0.1) is 0 Å². The van der Waals surface area contributed by atoms with Gasteiger partial charge < -0.3 is 19.8 Å². The van der Waals surface area contributed by atoms with E-state index >= 15 is 0 Å². The molecule has 0 saturated heterocycles. The summed E-state index contributed by atoms with van der Waals surface area (Å²) in [5.41, 5.74) is 1.67. The van der Waals surface area contributed by atoms with Gasteiger partial charge in [0.1, 0.15) is 11.8 Å². The van der Waals surface area contributed by atoms with Crippen molar-refractivity contribution in [2.45, 2.75) is 13.0 Å². The molecule has 0 aliphatic carbocycles. The fourth-order valence-corrected chi connectivity index (χ4v) is 2.90. The Hall–Kier alpha value is -3.13. The number of hydrogen-bond acceptors (Lipinski definition) is 6. The fraction of sp³-hybridized carbons (Fsp3) is 0.167. The normalized spacial score (nSPS) is 11.6. The molecular weight excluding hydrogens is 354 g/mol. The van der Waals surface area contributed by atoms with E-state index in [0.29, 0.717) is 5.13 Å². The lowest BCUT2D eigenvalue weighted by Gasteiger charge is -2.11. The molecule has 2 N–H and O–H groups in total. The van der Waals surface area contributed by atoms with E-state index in [1.54, 1.807) is 20.1 Å². The van der Waals surface area contributed by atoms with Crippen molar-refractivity contribution in [1.82, 2.24) is 10.3 Å². The van der Waals surface area contributed by atoms with E-state index in [0.717, 1.165) is 17.0 Å². The molecule has 2 aromatic heterocycles. The molecule has 1 unspecified atom stereocenters. The zero-order chi connectivity index (χ0) is 18.5. The lowest BCUT2D eigenvalue weighted by molar-refractivity contribution is -0.117. The average molecular weight is 371 g/mol. The Morgan fingerprint density at radius 3 is 2.65 bits per heavy atom. The molecule has 0 aliphatic rings. The quantitative estimate of drug-likeness (QED) is 0.694. The average Bonchev–Trinajstić information content (AvgIpc) is 3.34. The third-order valence-electron chi connectivity index (χ3n) is 3.61. The Morgan fingerprint density at radius 2 is 2.00 bits per heavy atom. The van der Waals surface area contributed by atoms with Gasteiger partial charge in [-0.15, -0.1) is 11.3 Å². The number of carbonyl (C=O) groups excluding carboxylic acids is 2. The molecule has 2 amide bonds. The summed E-state index contributed by atoms with van der Waals surface area (Å²) in [6.45, 7) is 1.59. The van der Waals surface area contributed by atoms with Gasteiger partial charge in [-0.2, -0.15) is 0 Å². The molecule has 3 rings (SSSR count). The summed E-state index contributed by atoms with van der Waals surface area (Å²) in [4.78, 5) is 28.5. The van der Waals surface area contributed by atoms with E-state index in [4.69, 9.17) is 9.15 Å². The molecule has 0 spiro atoms. The van der Waals surface area contributed by atoms with Crippen molar-refractivity contribution >= 4 is 28.3 Å². The van der Waals surface area contributed by atoms with Crippen molar-refractivity contribution in [3.63, 3.8) is 0 Å². The zero-order valence-electron chi connectivity index (χ0n) is 14.2. The summed E-state index contributed by atoms with van der Waals surface area (Å²) >= 11 is 1.31. The molecule has 0 aliphatic heterocycles. The zero-order valence-corrected chi connectivity index (χ0v) is 15.0. The molecule has 8 heteroatoms. The molecule has 134 valence electrons. The van der Waals surface area contributed by atoms with Gasteiger partial charge in [-0.1, -0.05) is 0 Å². The van der Waals surface area contributed by atoms with Crippen molar-refractivity contribution in [3.8, 4) is 17.0 Å². The Bertz CT molecular complexity index is 888. The number of hydrogen-bond donors (Lipinski definition) is 2. The van der Waals surface area contributed by atoms with Crippen LogP contribution in [-0.2, 0) is 4.79 Å². The van der Waals surface area contributed by atoms with Crippen LogP contribution in [0.4, 0.5) is 5.13 Å². The lowest BCUT2D eigenvalue weighted by Crippen LogP contribution is -2.41. The predicted octanol–water partition coefficient (Wildman–Crippen LogP) is 3.17. The van der Waals surface area contributed by atoms with Crippen LogP contribution in [-0.4, -0.2) is 29.9 Å². The maximum atomic E-state index is 12.2. The van der Waals surface area contributed by atoms with Gasteiger partial charge in [0.15, 0.2) is 10.9 Å². The van der Waals surface area contributed by atoms with E-state index in [2.05, 4.69) is 15.6 Å². The molecule has 7 nitrogen and oxygen atoms in total. The van der Waals surface area contributed by atoms with Crippen LogP contribution in [0.1, 0.15) is 17.5 Å². The van der Waals surface area contributed by atoms with Crippen LogP contribution in [0.2, 0.25) is 0 Å². The Labute approximate surface area is 154 Å². The van der Waals surface area contributed by atoms with Gasteiger partial charge in [0.25, 0.3) is 5.91 Å². The first-order chi connectivity index (χ1) is 12.6. The van der Waals surface area contributed by atoms with Gasteiger partial charge in [0.2, 0.25) is 5.91 Å². The summed E-state index contributed by atoms with van der Waals surface area (Å²) in [7, 11) is 1.61. The minimum absolute atomic E-state index is 0.153. The first-order valence-corrected chi connectivity index (χ1v) is 8.70. The maximum Gasteiger partial charge on any atom is 0.287 e. The lowest BCUT2D eigenvalue weighted by atomic mass is 10.2. The smallest absolute Gasteiger partial charge is 0.287 e. The third-order valence-corrected chi connectivity index (χ3v) is 4.36. The van der Waals surface area contributed by atoms with Crippen molar-refractivity contribution < 1.29 is 18.7 Å². The van der Waals surface area contributed by atoms with Gasteiger partial charge in [-0.3, -0.25) is 9.59 Å². The van der Waals surface area contributed by atoms with Crippen molar-refractivity contribution in [2.75, 3.05) is 12.4 Å². The first kappa shape index (κ1) is 17.7. The number of anilines is 1. The number of benzene rings is 1. The highest BCUT2D eigenvalue weighted by atomic mass is 32.1. The third kappa shape index (κ3) is 4.09. The van der Waals surface area contributed by atoms with Crippen molar-refractivity contribution in [1.29, 1.82) is 0 Å². The van der Waals surface area contributed by atoms with Crippen LogP contribution < -0.4 is 15.4 Å². The number of aromatic nitrogens is 1. The molecule has 26 heavy (non-hydrogen) atoms. The highest BCUT2D eigenvalue weighted by molar-refractivity contribution is 7.14. The first-order valence-electron chi connectivity index (χ1n) is 7.82. The highest BCUT2D eigenvalue weighted by Crippen LogP contribution is 2.26. The molecular formula is C18H17N3O4S. The molecule has 1 aromatic carbocycles. The summed E-state index contributed by atoms with van der Waals surface area (Å²) in [6.07, 6.45) is 1.40. The maximum absolute atomic E-state index is 12.2. The van der Waals surface area contributed by atoms with Crippen molar-refractivity contribution in [2.24, 2.45) is 0 Å². The summed E-state index contributed by atoms with van der Waals surface area (Å²) in [5, 5.41) is 7.58. The number of nitrogens with zero attached hydrogens (tertiary/aromatic N) is 1. The topological polar surface area (TPSA) is 93.5 Å². The Balaban J connectivity index is 1.60. The number of furan rings is 1. The molecule has 0 saturated carbocycles. The van der Waals surface area contributed by atoms with E-state index in [-0.39, 0.29) is 11.7 Å². The largest absolute Gasteiger partial charge is 0.497 e. The monoisotopic (exact) mass is 371 g/mol. The Kier molecular flexibility index (Phi) is 5.33.